The predicted molar refractivity (Wildman–Crippen MR) is 71.4 cm³/mol. The van der Waals surface area contributed by atoms with E-state index in [0.717, 1.165) is 11.3 Å². The minimum atomic E-state index is -3.64. The van der Waals surface area contributed by atoms with Gasteiger partial charge in [0.2, 0.25) is 10.0 Å². The maximum atomic E-state index is 11.7. The second-order valence-corrected chi connectivity index (χ2v) is 6.43. The molecular weight excluding hydrogens is 292 g/mol. The Morgan fingerprint density at radius 1 is 1.63 bits per heavy atom. The first-order valence-electron chi connectivity index (χ1n) is 5.63. The summed E-state index contributed by atoms with van der Waals surface area (Å²) in [7, 11) is -3.64. The van der Waals surface area contributed by atoms with Gasteiger partial charge in [0.1, 0.15) is 0 Å². The Kier molecular flexibility index (Phi) is 5.70. The smallest absolute Gasteiger partial charge is 0.306 e. The van der Waals surface area contributed by atoms with Crippen LogP contribution in [-0.2, 0) is 19.6 Å². The van der Waals surface area contributed by atoms with Gasteiger partial charge in [-0.2, -0.15) is 0 Å². The quantitative estimate of drug-likeness (QED) is 0.725. The molecule has 7 nitrogen and oxygen atoms in total. The Morgan fingerprint density at radius 3 is 2.84 bits per heavy atom. The zero-order chi connectivity index (χ0) is 14.5. The van der Waals surface area contributed by atoms with E-state index in [1.807, 2.05) is 0 Å². The van der Waals surface area contributed by atoms with Crippen molar-refractivity contribution in [2.45, 2.75) is 26.4 Å². The fraction of sp³-hybridized carbons (Fsp3) is 0.600. The lowest BCUT2D eigenvalue weighted by Gasteiger charge is -2.05. The molecule has 0 aliphatic carbocycles. The van der Waals surface area contributed by atoms with E-state index >= 15 is 0 Å². The molecule has 1 unspecified atom stereocenters. The molecule has 19 heavy (non-hydrogen) atoms. The highest BCUT2D eigenvalue weighted by Gasteiger charge is 2.16. The molecule has 1 rings (SSSR count). The molecule has 0 aromatic carbocycles. The third-order valence-electron chi connectivity index (χ3n) is 2.07. The first-order valence-corrected chi connectivity index (χ1v) is 8.17. The normalized spacial score (nSPS) is 13.0. The van der Waals surface area contributed by atoms with E-state index in [9.17, 15) is 18.3 Å². The number of aromatic nitrogens is 1. The lowest BCUT2D eigenvalue weighted by Crippen LogP contribution is -2.20. The molecule has 0 saturated heterocycles. The third-order valence-corrected chi connectivity index (χ3v) is 4.22. The topological polar surface area (TPSA) is 106 Å². The third kappa shape index (κ3) is 5.53. The standard InChI is InChI=1S/C10H16N2O5S2/c1-3-17-9(14)4-5-19(15,16)12-10-11-8(6-18-10)7(2)13/h6-7,13H,3-5H2,1-2H3,(H,11,12). The van der Waals surface area contributed by atoms with Crippen LogP contribution in [0.3, 0.4) is 0 Å². The number of carbonyl (C=O) groups excluding carboxylic acids is 1. The number of esters is 1. The highest BCUT2D eigenvalue weighted by molar-refractivity contribution is 7.92. The van der Waals surface area contributed by atoms with Crippen LogP contribution in [0, 0.1) is 0 Å². The number of nitrogens with one attached hydrogen (secondary N) is 1. The van der Waals surface area contributed by atoms with Crippen LogP contribution in [0.2, 0.25) is 0 Å². The molecule has 1 aromatic rings. The lowest BCUT2D eigenvalue weighted by molar-refractivity contribution is -0.142. The molecule has 0 spiro atoms. The van der Waals surface area contributed by atoms with Crippen LogP contribution in [0.1, 0.15) is 32.1 Å². The average Bonchev–Trinajstić information content (AvgIpc) is 2.75. The molecular formula is C10H16N2O5S2. The van der Waals surface area contributed by atoms with Crippen LogP contribution in [0.4, 0.5) is 5.13 Å². The van der Waals surface area contributed by atoms with Crippen LogP contribution < -0.4 is 4.72 Å². The van der Waals surface area contributed by atoms with Gasteiger partial charge in [-0.25, -0.2) is 13.4 Å². The van der Waals surface area contributed by atoms with E-state index in [1.54, 1.807) is 12.3 Å². The molecule has 108 valence electrons. The average molecular weight is 308 g/mol. The first-order chi connectivity index (χ1) is 8.84. The number of rotatable bonds is 7. The number of aliphatic hydroxyl groups excluding tert-OH is 1. The van der Waals surface area contributed by atoms with Gasteiger partial charge in [-0.1, -0.05) is 0 Å². The van der Waals surface area contributed by atoms with E-state index in [2.05, 4.69) is 14.4 Å². The molecule has 0 bridgehead atoms. The highest BCUT2D eigenvalue weighted by Crippen LogP contribution is 2.21. The Balaban J connectivity index is 2.56. The van der Waals surface area contributed by atoms with Crippen molar-refractivity contribution in [3.63, 3.8) is 0 Å². The Hall–Kier alpha value is -1.19. The number of carbonyl (C=O) groups is 1. The lowest BCUT2D eigenvalue weighted by atomic mass is 10.3. The fourth-order valence-corrected chi connectivity index (χ4v) is 3.22. The van der Waals surface area contributed by atoms with Crippen molar-refractivity contribution in [2.75, 3.05) is 17.1 Å². The second kappa shape index (κ2) is 6.83. The fourth-order valence-electron chi connectivity index (χ4n) is 1.16. The zero-order valence-corrected chi connectivity index (χ0v) is 12.3. The molecule has 0 aliphatic rings. The van der Waals surface area contributed by atoms with E-state index in [0.29, 0.717) is 5.69 Å². The molecule has 9 heteroatoms. The second-order valence-electron chi connectivity index (χ2n) is 3.73. The van der Waals surface area contributed by atoms with Gasteiger partial charge in [-0.05, 0) is 13.8 Å². The molecule has 0 aliphatic heterocycles. The zero-order valence-electron chi connectivity index (χ0n) is 10.6. The maximum Gasteiger partial charge on any atom is 0.306 e. The highest BCUT2D eigenvalue weighted by atomic mass is 32.2. The summed E-state index contributed by atoms with van der Waals surface area (Å²) in [4.78, 5) is 15.0. The number of sulfonamides is 1. The summed E-state index contributed by atoms with van der Waals surface area (Å²) >= 11 is 1.07. The number of thiazole rings is 1. The number of hydrogen-bond acceptors (Lipinski definition) is 7. The van der Waals surface area contributed by atoms with Gasteiger partial charge in [0.05, 0.1) is 30.6 Å². The minimum Gasteiger partial charge on any atom is -0.466 e. The summed E-state index contributed by atoms with van der Waals surface area (Å²) in [5.41, 5.74) is 0.396. The molecule has 1 heterocycles. The van der Waals surface area contributed by atoms with Crippen molar-refractivity contribution in [2.24, 2.45) is 0 Å². The SMILES string of the molecule is CCOC(=O)CCS(=O)(=O)Nc1nc(C(C)O)cs1. The Morgan fingerprint density at radius 2 is 2.32 bits per heavy atom. The Labute approximate surface area is 115 Å². The van der Waals surface area contributed by atoms with Crippen molar-refractivity contribution in [3.8, 4) is 0 Å². The largest absolute Gasteiger partial charge is 0.466 e. The summed E-state index contributed by atoms with van der Waals surface area (Å²) in [6, 6.07) is 0. The van der Waals surface area contributed by atoms with Gasteiger partial charge in [0.25, 0.3) is 0 Å². The van der Waals surface area contributed by atoms with E-state index in [1.165, 1.54) is 6.92 Å². The maximum absolute atomic E-state index is 11.7. The van der Waals surface area contributed by atoms with Gasteiger partial charge < -0.3 is 9.84 Å². The van der Waals surface area contributed by atoms with Gasteiger partial charge in [0, 0.05) is 5.38 Å². The van der Waals surface area contributed by atoms with Crippen LogP contribution in [-0.4, -0.2) is 36.8 Å². The number of anilines is 1. The van der Waals surface area contributed by atoms with Gasteiger partial charge >= 0.3 is 5.97 Å². The minimum absolute atomic E-state index is 0.166. The summed E-state index contributed by atoms with van der Waals surface area (Å²) in [6.45, 7) is 3.41. The van der Waals surface area contributed by atoms with E-state index in [4.69, 9.17) is 0 Å². The van der Waals surface area contributed by atoms with Gasteiger partial charge in [-0.3, -0.25) is 9.52 Å². The van der Waals surface area contributed by atoms with Crippen molar-refractivity contribution in [1.29, 1.82) is 0 Å². The number of hydrogen-bond donors (Lipinski definition) is 2. The van der Waals surface area contributed by atoms with Gasteiger partial charge in [0.15, 0.2) is 5.13 Å². The van der Waals surface area contributed by atoms with Crippen molar-refractivity contribution < 1.29 is 23.1 Å². The Bertz CT molecular complexity index is 524. The molecule has 1 atom stereocenters. The van der Waals surface area contributed by atoms with Gasteiger partial charge in [-0.15, -0.1) is 11.3 Å². The summed E-state index contributed by atoms with van der Waals surface area (Å²) in [6.07, 6.45) is -0.966. The molecule has 0 radical (unpaired) electrons. The van der Waals surface area contributed by atoms with Crippen molar-refractivity contribution >= 4 is 32.5 Å². The van der Waals surface area contributed by atoms with Crippen LogP contribution >= 0.6 is 11.3 Å². The van der Waals surface area contributed by atoms with E-state index < -0.39 is 22.1 Å². The van der Waals surface area contributed by atoms with Crippen LogP contribution in [0.15, 0.2) is 5.38 Å². The predicted octanol–water partition coefficient (Wildman–Crippen LogP) is 0.891. The molecule has 2 N–H and O–H groups in total. The summed E-state index contributed by atoms with van der Waals surface area (Å²) in [5.74, 6) is -0.924. The monoisotopic (exact) mass is 308 g/mol. The first kappa shape index (κ1) is 15.9. The number of aliphatic hydroxyl groups is 1. The summed E-state index contributed by atoms with van der Waals surface area (Å²) < 4.78 is 30.2. The molecule has 0 fully saturated rings. The van der Waals surface area contributed by atoms with E-state index in [-0.39, 0.29) is 23.9 Å². The van der Waals surface area contributed by atoms with Crippen LogP contribution in [0.5, 0.6) is 0 Å². The number of nitrogens with zero attached hydrogens (tertiary/aromatic N) is 1. The molecule has 1 aromatic heterocycles. The van der Waals surface area contributed by atoms with Crippen molar-refractivity contribution in [1.82, 2.24) is 4.98 Å². The van der Waals surface area contributed by atoms with Crippen LogP contribution in [0.25, 0.3) is 0 Å². The summed E-state index contributed by atoms with van der Waals surface area (Å²) in [5, 5.41) is 11.0. The van der Waals surface area contributed by atoms with Crippen molar-refractivity contribution in [3.05, 3.63) is 11.1 Å². The molecule has 0 amide bonds. The molecule has 0 saturated carbocycles. The number of ether oxygens (including phenoxy) is 1.